The van der Waals surface area contributed by atoms with Crippen molar-refractivity contribution in [2.75, 3.05) is 24.2 Å². The molecule has 0 spiro atoms. The quantitative estimate of drug-likeness (QED) is 0.844. The highest BCUT2D eigenvalue weighted by atomic mass is 32.2. The summed E-state index contributed by atoms with van der Waals surface area (Å²) in [5.41, 5.74) is 3.23. The molecule has 0 saturated heterocycles. The molecule has 132 valence electrons. The first kappa shape index (κ1) is 17.5. The van der Waals surface area contributed by atoms with Gasteiger partial charge < -0.3 is 4.90 Å². The molecular formula is C19H22N2O3S. The number of hydrogen-bond acceptors (Lipinski definition) is 3. The number of nitrogens with zero attached hydrogens (tertiary/aromatic N) is 2. The average molecular weight is 358 g/mol. The number of carbonyl (C=O) groups is 1. The number of carbonyl (C=O) groups excluding carboxylic acids is 1. The fraction of sp³-hybridized carbons (Fsp3) is 0.316. The molecule has 0 fully saturated rings. The minimum absolute atomic E-state index is 0.0468. The molecular weight excluding hydrogens is 336 g/mol. The maximum atomic E-state index is 12.8. The SMILES string of the molecule is C[C@@H](c1ccccc1)N(C)C(=O)c1ccc2c(c1)CCN2S(C)(=O)=O. The van der Waals surface area contributed by atoms with E-state index in [4.69, 9.17) is 0 Å². The third kappa shape index (κ3) is 3.39. The van der Waals surface area contributed by atoms with Gasteiger partial charge in [-0.2, -0.15) is 0 Å². The molecule has 0 aromatic heterocycles. The van der Waals surface area contributed by atoms with E-state index in [9.17, 15) is 13.2 Å². The Morgan fingerprint density at radius 1 is 1.16 bits per heavy atom. The van der Waals surface area contributed by atoms with Crippen molar-refractivity contribution in [3.05, 3.63) is 65.2 Å². The minimum atomic E-state index is -3.28. The van der Waals surface area contributed by atoms with Crippen LogP contribution in [0.25, 0.3) is 0 Å². The summed E-state index contributed by atoms with van der Waals surface area (Å²) in [6.07, 6.45) is 1.83. The predicted octanol–water partition coefficient (Wildman–Crippen LogP) is 2.84. The molecule has 0 radical (unpaired) electrons. The summed E-state index contributed by atoms with van der Waals surface area (Å²) in [4.78, 5) is 14.5. The molecule has 0 aliphatic carbocycles. The van der Waals surface area contributed by atoms with Crippen LogP contribution >= 0.6 is 0 Å². The van der Waals surface area contributed by atoms with Crippen molar-refractivity contribution in [2.45, 2.75) is 19.4 Å². The second-order valence-electron chi connectivity index (χ2n) is 6.43. The molecule has 0 N–H and O–H groups in total. The van der Waals surface area contributed by atoms with Crippen molar-refractivity contribution < 1.29 is 13.2 Å². The highest BCUT2D eigenvalue weighted by molar-refractivity contribution is 7.92. The van der Waals surface area contributed by atoms with Gasteiger partial charge in [-0.15, -0.1) is 0 Å². The van der Waals surface area contributed by atoms with Crippen LogP contribution in [0.5, 0.6) is 0 Å². The molecule has 1 aliphatic heterocycles. The maximum absolute atomic E-state index is 12.8. The standard InChI is InChI=1S/C19H22N2O3S/c1-14(15-7-5-4-6-8-15)20(2)19(22)17-9-10-18-16(13-17)11-12-21(18)25(3,23)24/h4-10,13-14H,11-12H2,1-3H3/t14-/m0/s1. The highest BCUT2D eigenvalue weighted by Gasteiger charge is 2.27. The van der Waals surface area contributed by atoms with E-state index in [-0.39, 0.29) is 11.9 Å². The van der Waals surface area contributed by atoms with Crippen molar-refractivity contribution in [1.82, 2.24) is 4.90 Å². The summed E-state index contributed by atoms with van der Waals surface area (Å²) in [5, 5.41) is 0. The summed E-state index contributed by atoms with van der Waals surface area (Å²) in [6, 6.07) is 15.1. The molecule has 2 aromatic rings. The van der Waals surface area contributed by atoms with E-state index in [0.29, 0.717) is 24.2 Å². The first-order valence-electron chi connectivity index (χ1n) is 8.22. The van der Waals surface area contributed by atoms with Crippen LogP contribution < -0.4 is 4.31 Å². The maximum Gasteiger partial charge on any atom is 0.254 e. The Bertz CT molecular complexity index is 894. The van der Waals surface area contributed by atoms with Crippen LogP contribution in [0.3, 0.4) is 0 Å². The second-order valence-corrected chi connectivity index (χ2v) is 8.34. The third-order valence-corrected chi connectivity index (χ3v) is 5.94. The monoisotopic (exact) mass is 358 g/mol. The first-order chi connectivity index (χ1) is 11.8. The lowest BCUT2D eigenvalue weighted by Crippen LogP contribution is -2.30. The molecule has 5 nitrogen and oxygen atoms in total. The minimum Gasteiger partial charge on any atom is -0.335 e. The van der Waals surface area contributed by atoms with E-state index in [1.54, 1.807) is 24.1 Å². The Hall–Kier alpha value is -2.34. The van der Waals surface area contributed by atoms with Gasteiger partial charge in [-0.3, -0.25) is 9.10 Å². The Kier molecular flexibility index (Phi) is 4.56. The van der Waals surface area contributed by atoms with Crippen LogP contribution in [0.15, 0.2) is 48.5 Å². The van der Waals surface area contributed by atoms with Crippen molar-refractivity contribution in [3.8, 4) is 0 Å². The Labute approximate surface area is 148 Å². The van der Waals surface area contributed by atoms with E-state index in [0.717, 1.165) is 11.1 Å². The van der Waals surface area contributed by atoms with Gasteiger partial charge in [-0.1, -0.05) is 30.3 Å². The van der Waals surface area contributed by atoms with Crippen molar-refractivity contribution in [3.63, 3.8) is 0 Å². The number of benzene rings is 2. The zero-order chi connectivity index (χ0) is 18.2. The first-order valence-corrected chi connectivity index (χ1v) is 10.1. The smallest absolute Gasteiger partial charge is 0.254 e. The molecule has 0 bridgehead atoms. The largest absolute Gasteiger partial charge is 0.335 e. The summed E-state index contributed by atoms with van der Waals surface area (Å²) >= 11 is 0. The fourth-order valence-corrected chi connectivity index (χ4v) is 4.14. The van der Waals surface area contributed by atoms with Gasteiger partial charge in [0.1, 0.15) is 0 Å². The van der Waals surface area contributed by atoms with E-state index in [2.05, 4.69) is 0 Å². The number of hydrogen-bond donors (Lipinski definition) is 0. The van der Waals surface area contributed by atoms with Gasteiger partial charge in [0.15, 0.2) is 0 Å². The average Bonchev–Trinajstić information content (AvgIpc) is 3.04. The number of fused-ring (bicyclic) bond motifs is 1. The van der Waals surface area contributed by atoms with Gasteiger partial charge in [-0.25, -0.2) is 8.42 Å². The number of amides is 1. The molecule has 6 heteroatoms. The van der Waals surface area contributed by atoms with Gasteiger partial charge in [-0.05, 0) is 42.7 Å². The predicted molar refractivity (Wildman–Crippen MR) is 99.3 cm³/mol. The zero-order valence-corrected chi connectivity index (χ0v) is 15.5. The lowest BCUT2D eigenvalue weighted by molar-refractivity contribution is 0.0742. The van der Waals surface area contributed by atoms with Crippen molar-refractivity contribution in [2.24, 2.45) is 0 Å². The van der Waals surface area contributed by atoms with Gasteiger partial charge in [0.25, 0.3) is 5.91 Å². The van der Waals surface area contributed by atoms with Gasteiger partial charge in [0, 0.05) is 19.2 Å². The van der Waals surface area contributed by atoms with Gasteiger partial charge in [0.2, 0.25) is 10.0 Å². The molecule has 1 heterocycles. The van der Waals surface area contributed by atoms with E-state index in [1.807, 2.05) is 43.3 Å². The lowest BCUT2D eigenvalue weighted by Gasteiger charge is -2.26. The topological polar surface area (TPSA) is 57.7 Å². The van der Waals surface area contributed by atoms with Crippen LogP contribution in [-0.4, -0.2) is 39.1 Å². The number of rotatable bonds is 4. The third-order valence-electron chi connectivity index (χ3n) is 4.76. The highest BCUT2D eigenvalue weighted by Crippen LogP contribution is 2.31. The second kappa shape index (κ2) is 6.52. The van der Waals surface area contributed by atoms with Crippen LogP contribution in [0.2, 0.25) is 0 Å². The molecule has 3 rings (SSSR count). The van der Waals surface area contributed by atoms with Gasteiger partial charge >= 0.3 is 0 Å². The zero-order valence-electron chi connectivity index (χ0n) is 14.6. The van der Waals surface area contributed by atoms with Crippen LogP contribution in [0, 0.1) is 0 Å². The summed E-state index contributed by atoms with van der Waals surface area (Å²) in [5.74, 6) is -0.0723. The molecule has 0 saturated carbocycles. The Morgan fingerprint density at radius 3 is 2.48 bits per heavy atom. The summed E-state index contributed by atoms with van der Waals surface area (Å²) in [6.45, 7) is 2.42. The van der Waals surface area contributed by atoms with E-state index >= 15 is 0 Å². The van der Waals surface area contributed by atoms with Crippen LogP contribution in [-0.2, 0) is 16.4 Å². The van der Waals surface area contributed by atoms with E-state index in [1.165, 1.54) is 10.6 Å². The number of anilines is 1. The Balaban J connectivity index is 1.84. The normalized spacial score (nSPS) is 14.9. The summed E-state index contributed by atoms with van der Waals surface area (Å²) in [7, 11) is -1.49. The van der Waals surface area contributed by atoms with Crippen LogP contribution in [0.1, 0.15) is 34.5 Å². The molecule has 1 atom stereocenters. The van der Waals surface area contributed by atoms with Crippen molar-refractivity contribution in [1.29, 1.82) is 0 Å². The van der Waals surface area contributed by atoms with Crippen molar-refractivity contribution >= 4 is 21.6 Å². The Morgan fingerprint density at radius 2 is 1.84 bits per heavy atom. The molecule has 1 aliphatic rings. The summed E-state index contributed by atoms with van der Waals surface area (Å²) < 4.78 is 25.0. The fourth-order valence-electron chi connectivity index (χ4n) is 3.18. The molecule has 1 amide bonds. The van der Waals surface area contributed by atoms with E-state index < -0.39 is 10.0 Å². The lowest BCUT2D eigenvalue weighted by atomic mass is 10.0. The molecule has 25 heavy (non-hydrogen) atoms. The van der Waals surface area contributed by atoms with Crippen LogP contribution in [0.4, 0.5) is 5.69 Å². The molecule has 0 unspecified atom stereocenters. The van der Waals surface area contributed by atoms with Gasteiger partial charge in [0.05, 0.1) is 18.0 Å². The molecule has 2 aromatic carbocycles. The number of sulfonamides is 1.